The highest BCUT2D eigenvalue weighted by Crippen LogP contribution is 2.35. The smallest absolute Gasteiger partial charge is 0.166 e. The van der Waals surface area contributed by atoms with E-state index >= 15 is 0 Å². The van der Waals surface area contributed by atoms with Crippen LogP contribution in [0.2, 0.25) is 0 Å². The van der Waals surface area contributed by atoms with Crippen LogP contribution in [-0.4, -0.2) is 29.6 Å². The number of ether oxygens (including phenoxy) is 1. The lowest BCUT2D eigenvalue weighted by molar-refractivity contribution is 0.0589. The third kappa shape index (κ3) is 3.71. The van der Waals surface area contributed by atoms with Gasteiger partial charge in [0.25, 0.3) is 0 Å². The minimum Gasteiger partial charge on any atom is -0.504 e. The molecule has 0 bridgehead atoms. The van der Waals surface area contributed by atoms with Crippen molar-refractivity contribution in [3.05, 3.63) is 95.6 Å². The highest BCUT2D eigenvalue weighted by atomic mass is 16.5. The highest BCUT2D eigenvalue weighted by molar-refractivity contribution is 5.85. The molecule has 0 aliphatic carbocycles. The van der Waals surface area contributed by atoms with Gasteiger partial charge in [-0.2, -0.15) is 0 Å². The minimum absolute atomic E-state index is 0.0268. The van der Waals surface area contributed by atoms with Crippen molar-refractivity contribution in [2.45, 2.75) is 18.6 Å². The number of hydrogen-bond acceptors (Lipinski definition) is 4. The standard InChI is InChI=1S/C23H23NO3/c1-17(24-16-18-10-9-15-21(27-2)22(18)25)23(26,19-11-5-3-6-12-19)20-13-7-4-8-14-20/h3-17,25-26H,1-2H3/t17-/m1/s1. The maximum Gasteiger partial charge on any atom is 0.166 e. The van der Waals surface area contributed by atoms with Gasteiger partial charge in [-0.1, -0.05) is 66.7 Å². The van der Waals surface area contributed by atoms with Crippen molar-refractivity contribution >= 4 is 6.21 Å². The number of aliphatic imine (C=N–C) groups is 1. The summed E-state index contributed by atoms with van der Waals surface area (Å²) < 4.78 is 5.14. The molecule has 4 nitrogen and oxygen atoms in total. The minimum atomic E-state index is -1.30. The molecule has 0 saturated heterocycles. The first-order chi connectivity index (χ1) is 13.1. The van der Waals surface area contributed by atoms with E-state index < -0.39 is 11.6 Å². The van der Waals surface area contributed by atoms with Gasteiger partial charge >= 0.3 is 0 Å². The van der Waals surface area contributed by atoms with Gasteiger partial charge in [-0.25, -0.2) is 0 Å². The van der Waals surface area contributed by atoms with Crippen molar-refractivity contribution in [3.8, 4) is 11.5 Å². The fourth-order valence-electron chi connectivity index (χ4n) is 3.14. The second kappa shape index (κ2) is 8.06. The third-order valence-corrected chi connectivity index (χ3v) is 4.72. The molecule has 0 amide bonds. The van der Waals surface area contributed by atoms with Gasteiger partial charge in [0.2, 0.25) is 0 Å². The Morgan fingerprint density at radius 1 is 0.889 bits per heavy atom. The Kier molecular flexibility index (Phi) is 5.57. The molecule has 4 heteroatoms. The number of methoxy groups -OCH3 is 1. The number of aromatic hydroxyl groups is 1. The van der Waals surface area contributed by atoms with E-state index in [0.29, 0.717) is 11.3 Å². The summed E-state index contributed by atoms with van der Waals surface area (Å²) in [5.41, 5.74) is 0.754. The van der Waals surface area contributed by atoms with E-state index in [1.165, 1.54) is 7.11 Å². The highest BCUT2D eigenvalue weighted by Gasteiger charge is 2.37. The predicted octanol–water partition coefficient (Wildman–Crippen LogP) is 4.14. The van der Waals surface area contributed by atoms with E-state index in [1.54, 1.807) is 24.4 Å². The lowest BCUT2D eigenvalue weighted by Gasteiger charge is -2.33. The molecule has 138 valence electrons. The lowest BCUT2D eigenvalue weighted by Crippen LogP contribution is -2.38. The van der Waals surface area contributed by atoms with Crippen molar-refractivity contribution in [1.82, 2.24) is 0 Å². The zero-order valence-corrected chi connectivity index (χ0v) is 15.4. The Bertz CT molecular complexity index is 868. The number of benzene rings is 3. The molecule has 2 N–H and O–H groups in total. The van der Waals surface area contributed by atoms with Crippen LogP contribution in [0.5, 0.6) is 11.5 Å². The average molecular weight is 361 g/mol. The van der Waals surface area contributed by atoms with Gasteiger partial charge in [0.15, 0.2) is 11.5 Å². The molecule has 0 aliphatic heterocycles. The van der Waals surface area contributed by atoms with Gasteiger partial charge in [0, 0.05) is 11.8 Å². The van der Waals surface area contributed by atoms with E-state index in [1.807, 2.05) is 67.6 Å². The molecule has 0 spiro atoms. The summed E-state index contributed by atoms with van der Waals surface area (Å²) in [5.74, 6) is 0.409. The van der Waals surface area contributed by atoms with Crippen LogP contribution in [0.25, 0.3) is 0 Å². The van der Waals surface area contributed by atoms with E-state index in [2.05, 4.69) is 4.99 Å². The molecule has 3 rings (SSSR count). The molecule has 0 aliphatic rings. The van der Waals surface area contributed by atoms with Gasteiger partial charge < -0.3 is 14.9 Å². The van der Waals surface area contributed by atoms with Crippen LogP contribution in [0.4, 0.5) is 0 Å². The summed E-state index contributed by atoms with van der Waals surface area (Å²) in [7, 11) is 1.50. The summed E-state index contributed by atoms with van der Waals surface area (Å²) in [6, 6.07) is 23.7. The molecule has 0 unspecified atom stereocenters. The van der Waals surface area contributed by atoms with E-state index in [4.69, 9.17) is 4.74 Å². The molecule has 0 fully saturated rings. The number of phenols is 1. The van der Waals surface area contributed by atoms with Crippen LogP contribution < -0.4 is 4.74 Å². The van der Waals surface area contributed by atoms with Crippen LogP contribution in [0.3, 0.4) is 0 Å². The molecule has 0 radical (unpaired) electrons. The average Bonchev–Trinajstić information content (AvgIpc) is 2.73. The first-order valence-electron chi connectivity index (χ1n) is 8.80. The van der Waals surface area contributed by atoms with Crippen LogP contribution in [0.15, 0.2) is 83.9 Å². The Hall–Kier alpha value is -3.11. The third-order valence-electron chi connectivity index (χ3n) is 4.72. The molecule has 0 aromatic heterocycles. The molecule has 27 heavy (non-hydrogen) atoms. The SMILES string of the molecule is COc1cccc(C=N[C@H](C)C(O)(c2ccccc2)c2ccccc2)c1O. The Morgan fingerprint density at radius 2 is 1.44 bits per heavy atom. The van der Waals surface area contributed by atoms with E-state index in [9.17, 15) is 10.2 Å². The first kappa shape index (κ1) is 18.7. The Morgan fingerprint density at radius 3 is 1.96 bits per heavy atom. The summed E-state index contributed by atoms with van der Waals surface area (Å²) in [5, 5.41) is 21.9. The van der Waals surface area contributed by atoms with Crippen molar-refractivity contribution in [2.75, 3.05) is 7.11 Å². The van der Waals surface area contributed by atoms with Crippen LogP contribution in [-0.2, 0) is 5.60 Å². The van der Waals surface area contributed by atoms with Gasteiger partial charge in [0.1, 0.15) is 5.60 Å². The topological polar surface area (TPSA) is 62.0 Å². The summed E-state index contributed by atoms with van der Waals surface area (Å²) >= 11 is 0. The second-order valence-corrected chi connectivity index (χ2v) is 6.35. The zero-order chi connectivity index (χ0) is 19.3. The van der Waals surface area contributed by atoms with E-state index in [-0.39, 0.29) is 5.75 Å². The zero-order valence-electron chi connectivity index (χ0n) is 15.4. The van der Waals surface area contributed by atoms with Gasteiger partial charge in [0.05, 0.1) is 13.2 Å². The van der Waals surface area contributed by atoms with Crippen LogP contribution >= 0.6 is 0 Å². The molecule has 1 atom stereocenters. The Balaban J connectivity index is 2.01. The predicted molar refractivity (Wildman–Crippen MR) is 108 cm³/mol. The summed E-state index contributed by atoms with van der Waals surface area (Å²) in [6.07, 6.45) is 1.57. The summed E-state index contributed by atoms with van der Waals surface area (Å²) in [4.78, 5) is 4.56. The first-order valence-corrected chi connectivity index (χ1v) is 8.80. The van der Waals surface area contributed by atoms with Gasteiger partial charge in [-0.15, -0.1) is 0 Å². The fourth-order valence-corrected chi connectivity index (χ4v) is 3.14. The number of nitrogens with zero attached hydrogens (tertiary/aromatic N) is 1. The quantitative estimate of drug-likeness (QED) is 0.649. The Labute approximate surface area is 159 Å². The van der Waals surface area contributed by atoms with Crippen molar-refractivity contribution in [3.63, 3.8) is 0 Å². The van der Waals surface area contributed by atoms with E-state index in [0.717, 1.165) is 11.1 Å². The van der Waals surface area contributed by atoms with Crippen LogP contribution in [0, 0.1) is 0 Å². The molecule has 3 aromatic rings. The lowest BCUT2D eigenvalue weighted by atomic mass is 9.81. The molecule has 0 saturated carbocycles. The molecular weight excluding hydrogens is 338 g/mol. The summed E-state index contributed by atoms with van der Waals surface area (Å²) in [6.45, 7) is 1.85. The number of aliphatic hydroxyl groups is 1. The van der Waals surface area contributed by atoms with Crippen molar-refractivity contribution in [1.29, 1.82) is 0 Å². The molecule has 3 aromatic carbocycles. The molecule has 0 heterocycles. The maximum atomic E-state index is 11.7. The maximum absolute atomic E-state index is 11.7. The largest absolute Gasteiger partial charge is 0.504 e. The number of hydrogen-bond donors (Lipinski definition) is 2. The normalized spacial score (nSPS) is 12.9. The fraction of sp³-hybridized carbons (Fsp3) is 0.174. The number of para-hydroxylation sites is 1. The number of phenolic OH excluding ortho intramolecular Hbond substituents is 1. The molecular formula is C23H23NO3. The second-order valence-electron chi connectivity index (χ2n) is 6.35. The van der Waals surface area contributed by atoms with Crippen molar-refractivity contribution < 1.29 is 14.9 Å². The number of rotatable bonds is 6. The monoisotopic (exact) mass is 361 g/mol. The van der Waals surface area contributed by atoms with Gasteiger partial charge in [-0.3, -0.25) is 4.99 Å². The van der Waals surface area contributed by atoms with Crippen LogP contribution in [0.1, 0.15) is 23.6 Å². The van der Waals surface area contributed by atoms with Gasteiger partial charge in [-0.05, 0) is 30.2 Å². The van der Waals surface area contributed by atoms with Crippen molar-refractivity contribution in [2.24, 2.45) is 4.99 Å².